The molecule has 0 N–H and O–H groups in total. The maximum atomic E-state index is 13.6. The molecule has 2 heterocycles. The van der Waals surface area contributed by atoms with Crippen molar-refractivity contribution < 1.29 is 22.7 Å². The summed E-state index contributed by atoms with van der Waals surface area (Å²) in [6, 6.07) is 18.4. The van der Waals surface area contributed by atoms with Crippen molar-refractivity contribution in [2.45, 2.75) is 11.4 Å². The Bertz CT molecular complexity index is 1380. The lowest BCUT2D eigenvalue weighted by molar-refractivity contribution is -0.131. The third-order valence-corrected chi connectivity index (χ3v) is 8.54. The van der Waals surface area contributed by atoms with Gasteiger partial charge in [-0.1, -0.05) is 47.5 Å². The lowest BCUT2D eigenvalue weighted by atomic mass is 10.1. The second-order valence-corrected chi connectivity index (χ2v) is 11.5. The minimum atomic E-state index is -4.04. The van der Waals surface area contributed by atoms with Gasteiger partial charge >= 0.3 is 0 Å². The van der Waals surface area contributed by atoms with E-state index in [0.29, 0.717) is 32.7 Å². The summed E-state index contributed by atoms with van der Waals surface area (Å²) in [7, 11) is -4.04. The van der Waals surface area contributed by atoms with Gasteiger partial charge in [0.25, 0.3) is 10.0 Å². The van der Waals surface area contributed by atoms with E-state index in [1.807, 2.05) is 18.2 Å². The van der Waals surface area contributed by atoms with Gasteiger partial charge in [0, 0.05) is 42.8 Å². The Morgan fingerprint density at radius 2 is 1.54 bits per heavy atom. The van der Waals surface area contributed by atoms with Crippen molar-refractivity contribution in [2.24, 2.45) is 0 Å². The Hall–Kier alpha value is -2.98. The van der Waals surface area contributed by atoms with Crippen LogP contribution < -0.4 is 13.8 Å². The predicted octanol–water partition coefficient (Wildman–Crippen LogP) is 4.26. The van der Waals surface area contributed by atoms with Crippen LogP contribution >= 0.6 is 23.2 Å². The molecule has 3 aromatic carbocycles. The number of nitrogens with zero attached hydrogens (tertiary/aromatic N) is 3. The van der Waals surface area contributed by atoms with Crippen molar-refractivity contribution in [2.75, 3.05) is 43.8 Å². The van der Waals surface area contributed by atoms with Crippen LogP contribution in [-0.4, -0.2) is 63.6 Å². The minimum Gasteiger partial charge on any atom is -0.454 e. The Balaban J connectivity index is 1.28. The fourth-order valence-electron chi connectivity index (χ4n) is 4.39. The zero-order valence-electron chi connectivity index (χ0n) is 19.8. The molecular weight excluding hydrogens is 537 g/mol. The number of benzene rings is 3. The van der Waals surface area contributed by atoms with E-state index in [4.69, 9.17) is 32.7 Å². The second kappa shape index (κ2) is 10.8. The third kappa shape index (κ3) is 5.80. The monoisotopic (exact) mass is 561 g/mol. The van der Waals surface area contributed by atoms with Crippen LogP contribution in [0.15, 0.2) is 71.6 Å². The van der Waals surface area contributed by atoms with Crippen LogP contribution in [0.2, 0.25) is 10.0 Å². The smallest absolute Gasteiger partial charge is 0.264 e. The van der Waals surface area contributed by atoms with Gasteiger partial charge in [0.15, 0.2) is 11.5 Å². The Kier molecular flexibility index (Phi) is 7.48. The summed E-state index contributed by atoms with van der Waals surface area (Å²) in [6.45, 7) is 2.88. The number of halogens is 2. The predicted molar refractivity (Wildman–Crippen MR) is 142 cm³/mol. The van der Waals surface area contributed by atoms with Crippen molar-refractivity contribution in [1.29, 1.82) is 0 Å². The lowest BCUT2D eigenvalue weighted by Crippen LogP contribution is -2.51. The zero-order valence-corrected chi connectivity index (χ0v) is 22.2. The summed E-state index contributed by atoms with van der Waals surface area (Å²) in [4.78, 5) is 17.3. The fraction of sp³-hybridized carbons (Fsp3) is 0.269. The molecule has 0 atom stereocenters. The van der Waals surface area contributed by atoms with Gasteiger partial charge in [0.05, 0.1) is 10.6 Å². The number of piperazine rings is 1. The Morgan fingerprint density at radius 1 is 0.865 bits per heavy atom. The highest BCUT2D eigenvalue weighted by molar-refractivity contribution is 7.92. The minimum absolute atomic E-state index is 0.0763. The first-order valence-electron chi connectivity index (χ1n) is 11.7. The van der Waals surface area contributed by atoms with Gasteiger partial charge in [-0.05, 0) is 48.0 Å². The molecule has 8 nitrogen and oxygen atoms in total. The summed E-state index contributed by atoms with van der Waals surface area (Å²) in [5.41, 5.74) is 1.33. The average Bonchev–Trinajstić information content (AvgIpc) is 3.35. The van der Waals surface area contributed by atoms with E-state index in [2.05, 4.69) is 4.90 Å². The number of ether oxygens (including phenoxy) is 2. The topological polar surface area (TPSA) is 79.4 Å². The number of rotatable bonds is 7. The molecule has 0 aromatic heterocycles. The number of hydrogen-bond donors (Lipinski definition) is 0. The molecule has 2 aliphatic rings. The fourth-order valence-corrected chi connectivity index (χ4v) is 6.33. The highest BCUT2D eigenvalue weighted by atomic mass is 35.5. The highest BCUT2D eigenvalue weighted by Crippen LogP contribution is 2.33. The molecule has 1 fully saturated rings. The number of sulfonamides is 1. The van der Waals surface area contributed by atoms with Gasteiger partial charge < -0.3 is 14.4 Å². The number of carbonyl (C=O) groups excluding carboxylic acids is 1. The molecule has 0 aliphatic carbocycles. The van der Waals surface area contributed by atoms with Crippen molar-refractivity contribution in [3.8, 4) is 11.5 Å². The van der Waals surface area contributed by atoms with Gasteiger partial charge in [-0.15, -0.1) is 0 Å². The van der Waals surface area contributed by atoms with Crippen LogP contribution in [0, 0.1) is 0 Å². The first-order chi connectivity index (χ1) is 17.8. The van der Waals surface area contributed by atoms with Gasteiger partial charge in [0.2, 0.25) is 12.7 Å². The van der Waals surface area contributed by atoms with Crippen molar-refractivity contribution in [1.82, 2.24) is 9.80 Å². The van der Waals surface area contributed by atoms with Crippen LogP contribution in [-0.2, 0) is 21.4 Å². The maximum absolute atomic E-state index is 13.6. The van der Waals surface area contributed by atoms with E-state index in [1.165, 1.54) is 30.3 Å². The highest BCUT2D eigenvalue weighted by Gasteiger charge is 2.30. The molecule has 5 rings (SSSR count). The van der Waals surface area contributed by atoms with Crippen LogP contribution in [0.3, 0.4) is 0 Å². The molecule has 37 heavy (non-hydrogen) atoms. The quantitative estimate of drug-likeness (QED) is 0.428. The molecule has 2 aliphatic heterocycles. The van der Waals surface area contributed by atoms with Crippen molar-refractivity contribution in [3.63, 3.8) is 0 Å². The first kappa shape index (κ1) is 25.7. The third-order valence-electron chi connectivity index (χ3n) is 6.31. The van der Waals surface area contributed by atoms with E-state index in [0.717, 1.165) is 21.4 Å². The molecule has 11 heteroatoms. The van der Waals surface area contributed by atoms with Crippen LogP contribution in [0.1, 0.15) is 5.56 Å². The van der Waals surface area contributed by atoms with Gasteiger partial charge in [-0.25, -0.2) is 8.42 Å². The zero-order chi connectivity index (χ0) is 26.0. The number of amides is 1. The normalized spacial score (nSPS) is 15.6. The Labute approximate surface area is 225 Å². The van der Waals surface area contributed by atoms with Crippen LogP contribution in [0.5, 0.6) is 11.5 Å². The van der Waals surface area contributed by atoms with E-state index in [1.54, 1.807) is 23.1 Å². The summed E-state index contributed by atoms with van der Waals surface area (Å²) in [5.74, 6) is 1.20. The lowest BCUT2D eigenvalue weighted by Gasteiger charge is -2.36. The second-order valence-electron chi connectivity index (χ2n) is 8.80. The van der Waals surface area contributed by atoms with E-state index in [9.17, 15) is 13.2 Å². The number of hydrogen-bond acceptors (Lipinski definition) is 6. The largest absolute Gasteiger partial charge is 0.454 e. The first-order valence-corrected chi connectivity index (χ1v) is 13.9. The summed E-state index contributed by atoms with van der Waals surface area (Å²) < 4.78 is 39.0. The standard InChI is InChI=1S/C26H25Cl2N3O5S/c27-20-13-21(28)15-22(14-20)31(37(33,34)23-4-2-1-3-5-23)17-26(32)30-10-8-29(9-11-30)16-19-6-7-24-25(12-19)36-18-35-24/h1-7,12-15H,8-11,16-18H2. The molecule has 0 bridgehead atoms. The van der Waals surface area contributed by atoms with Crippen molar-refractivity contribution in [3.05, 3.63) is 82.3 Å². The average molecular weight is 562 g/mol. The maximum Gasteiger partial charge on any atom is 0.264 e. The van der Waals surface area contributed by atoms with Crippen LogP contribution in [0.4, 0.5) is 5.69 Å². The number of fused-ring (bicyclic) bond motifs is 1. The molecule has 1 amide bonds. The van der Waals surface area contributed by atoms with Crippen LogP contribution in [0.25, 0.3) is 0 Å². The van der Waals surface area contributed by atoms with Gasteiger partial charge in [0.1, 0.15) is 6.54 Å². The molecule has 0 unspecified atom stereocenters. The molecule has 3 aromatic rings. The molecule has 0 saturated carbocycles. The molecule has 194 valence electrons. The van der Waals surface area contributed by atoms with Crippen molar-refractivity contribution >= 4 is 44.8 Å². The number of anilines is 1. The molecule has 1 saturated heterocycles. The van der Waals surface area contributed by atoms with Gasteiger partial charge in [-0.3, -0.25) is 14.0 Å². The summed E-state index contributed by atoms with van der Waals surface area (Å²) in [6.07, 6.45) is 0. The van der Waals surface area contributed by atoms with Gasteiger partial charge in [-0.2, -0.15) is 0 Å². The van der Waals surface area contributed by atoms with E-state index in [-0.39, 0.29) is 39.9 Å². The summed E-state index contributed by atoms with van der Waals surface area (Å²) in [5, 5.41) is 0.556. The Morgan fingerprint density at radius 3 is 2.24 bits per heavy atom. The molecule has 0 spiro atoms. The van der Waals surface area contributed by atoms with E-state index < -0.39 is 10.0 Å². The SMILES string of the molecule is O=C(CN(c1cc(Cl)cc(Cl)c1)S(=O)(=O)c1ccccc1)N1CCN(Cc2ccc3c(c2)OCO3)CC1. The molecule has 0 radical (unpaired) electrons. The number of carbonyl (C=O) groups is 1. The van der Waals surface area contributed by atoms with E-state index >= 15 is 0 Å². The summed E-state index contributed by atoms with van der Waals surface area (Å²) >= 11 is 12.3. The molecular formula is C26H25Cl2N3O5S.